The summed E-state index contributed by atoms with van der Waals surface area (Å²) in [6.45, 7) is 0. The van der Waals surface area contributed by atoms with Gasteiger partial charge in [-0.1, -0.05) is 11.6 Å². The summed E-state index contributed by atoms with van der Waals surface area (Å²) in [5.74, 6) is -0.784. The molecule has 8 heteroatoms. The first-order valence-corrected chi connectivity index (χ1v) is 8.23. The van der Waals surface area contributed by atoms with Gasteiger partial charge >= 0.3 is 5.63 Å². The molecule has 0 bridgehead atoms. The molecule has 0 aliphatic rings. The van der Waals surface area contributed by atoms with Gasteiger partial charge in [0.25, 0.3) is 10.0 Å². The summed E-state index contributed by atoms with van der Waals surface area (Å²) in [4.78, 5) is 11.0. The maximum Gasteiger partial charge on any atom is 0.336 e. The van der Waals surface area contributed by atoms with Crippen LogP contribution in [-0.2, 0) is 10.0 Å². The lowest BCUT2D eigenvalue weighted by Gasteiger charge is -2.09. The highest BCUT2D eigenvalue weighted by Crippen LogP contribution is 2.24. The molecular formula is C15H9ClFNO4S. The van der Waals surface area contributed by atoms with E-state index < -0.39 is 21.5 Å². The van der Waals surface area contributed by atoms with Gasteiger partial charge in [0.2, 0.25) is 0 Å². The van der Waals surface area contributed by atoms with Crippen molar-refractivity contribution in [1.29, 1.82) is 0 Å². The van der Waals surface area contributed by atoms with Gasteiger partial charge in [0.15, 0.2) is 0 Å². The topological polar surface area (TPSA) is 76.4 Å². The summed E-state index contributed by atoms with van der Waals surface area (Å²) in [6, 6.07) is 10.2. The average Bonchev–Trinajstić information content (AvgIpc) is 2.49. The molecule has 1 heterocycles. The van der Waals surface area contributed by atoms with Crippen LogP contribution in [0.3, 0.4) is 0 Å². The molecule has 0 atom stereocenters. The van der Waals surface area contributed by atoms with E-state index in [1.807, 2.05) is 0 Å². The van der Waals surface area contributed by atoms with Crippen LogP contribution in [-0.4, -0.2) is 8.42 Å². The molecule has 1 N–H and O–H groups in total. The van der Waals surface area contributed by atoms with Gasteiger partial charge in [-0.05, 0) is 42.5 Å². The number of benzene rings is 2. The number of hydrogen-bond donors (Lipinski definition) is 1. The minimum absolute atomic E-state index is 0.0896. The molecule has 2 aromatic carbocycles. The van der Waals surface area contributed by atoms with Crippen molar-refractivity contribution in [2.24, 2.45) is 0 Å². The third-order valence-electron chi connectivity index (χ3n) is 3.08. The summed E-state index contributed by atoms with van der Waals surface area (Å²) < 4.78 is 45.5. The van der Waals surface area contributed by atoms with E-state index in [1.165, 1.54) is 42.5 Å². The lowest BCUT2D eigenvalue weighted by Crippen LogP contribution is -2.14. The van der Waals surface area contributed by atoms with Crippen LogP contribution in [0.2, 0.25) is 5.02 Å². The molecule has 0 unspecified atom stereocenters. The fraction of sp³-hybridized carbons (Fsp3) is 0. The zero-order valence-corrected chi connectivity index (χ0v) is 13.0. The molecule has 0 fully saturated rings. The molecular weight excluding hydrogens is 345 g/mol. The van der Waals surface area contributed by atoms with Crippen molar-refractivity contribution in [3.8, 4) is 0 Å². The number of fused-ring (bicyclic) bond motifs is 1. The van der Waals surface area contributed by atoms with E-state index >= 15 is 0 Å². The van der Waals surface area contributed by atoms with E-state index in [2.05, 4.69) is 4.72 Å². The predicted molar refractivity (Wildman–Crippen MR) is 84.7 cm³/mol. The molecule has 118 valence electrons. The molecule has 23 heavy (non-hydrogen) atoms. The quantitative estimate of drug-likeness (QED) is 0.732. The standard InChI is InChI=1S/C15H9ClFNO4S/c16-10-2-4-13(12(17)8-10)18-23(20,21)11-3-5-14-9(7-11)1-6-15(19)22-14/h1-8,18H. The first-order chi connectivity index (χ1) is 10.8. The highest BCUT2D eigenvalue weighted by Gasteiger charge is 2.17. The van der Waals surface area contributed by atoms with E-state index in [4.69, 9.17) is 16.0 Å². The Bertz CT molecular complexity index is 1060. The summed E-state index contributed by atoms with van der Waals surface area (Å²) in [7, 11) is -4.00. The van der Waals surface area contributed by atoms with Crippen LogP contribution >= 0.6 is 11.6 Å². The van der Waals surface area contributed by atoms with Crippen LogP contribution < -0.4 is 10.3 Å². The van der Waals surface area contributed by atoms with Gasteiger partial charge in [0, 0.05) is 16.5 Å². The second-order valence-corrected chi connectivity index (χ2v) is 6.80. The van der Waals surface area contributed by atoms with E-state index in [-0.39, 0.29) is 21.2 Å². The summed E-state index contributed by atoms with van der Waals surface area (Å²) >= 11 is 5.63. The van der Waals surface area contributed by atoms with E-state index in [1.54, 1.807) is 0 Å². The number of rotatable bonds is 3. The number of sulfonamides is 1. The molecule has 3 aromatic rings. The minimum atomic E-state index is -4.00. The van der Waals surface area contributed by atoms with Crippen LogP contribution in [0.15, 0.2) is 62.6 Å². The molecule has 0 saturated heterocycles. The Morgan fingerprint density at radius 1 is 1.04 bits per heavy atom. The Morgan fingerprint density at radius 2 is 1.83 bits per heavy atom. The molecule has 0 saturated carbocycles. The monoisotopic (exact) mass is 353 g/mol. The van der Waals surface area contributed by atoms with Crippen LogP contribution in [0.25, 0.3) is 11.0 Å². The lowest BCUT2D eigenvalue weighted by molar-refractivity contribution is 0.560. The second-order valence-electron chi connectivity index (χ2n) is 4.68. The van der Waals surface area contributed by atoms with Crippen molar-refractivity contribution < 1.29 is 17.2 Å². The van der Waals surface area contributed by atoms with Crippen molar-refractivity contribution in [1.82, 2.24) is 0 Å². The minimum Gasteiger partial charge on any atom is -0.423 e. The molecule has 3 rings (SSSR count). The van der Waals surface area contributed by atoms with Gasteiger partial charge < -0.3 is 4.42 Å². The summed E-state index contributed by atoms with van der Waals surface area (Å²) in [5.41, 5.74) is -0.488. The smallest absolute Gasteiger partial charge is 0.336 e. The SMILES string of the molecule is O=c1ccc2cc(S(=O)(=O)Nc3ccc(Cl)cc3F)ccc2o1. The van der Waals surface area contributed by atoms with Crippen LogP contribution in [0.1, 0.15) is 0 Å². The first-order valence-electron chi connectivity index (χ1n) is 6.37. The first kappa shape index (κ1) is 15.5. The van der Waals surface area contributed by atoms with Crippen LogP contribution in [0.5, 0.6) is 0 Å². The van der Waals surface area contributed by atoms with Gasteiger partial charge in [0.1, 0.15) is 11.4 Å². The fourth-order valence-electron chi connectivity index (χ4n) is 1.99. The Balaban J connectivity index is 2.02. The Hall–Kier alpha value is -2.38. The highest BCUT2D eigenvalue weighted by molar-refractivity contribution is 7.92. The van der Waals surface area contributed by atoms with Crippen molar-refractivity contribution >= 4 is 38.3 Å². The zero-order chi connectivity index (χ0) is 16.6. The number of nitrogens with one attached hydrogen (secondary N) is 1. The van der Waals surface area contributed by atoms with E-state index in [9.17, 15) is 17.6 Å². The normalized spacial score (nSPS) is 11.6. The fourth-order valence-corrected chi connectivity index (χ4v) is 3.25. The van der Waals surface area contributed by atoms with Gasteiger partial charge in [-0.3, -0.25) is 4.72 Å². The number of hydrogen-bond acceptors (Lipinski definition) is 4. The van der Waals surface area contributed by atoms with Crippen molar-refractivity contribution in [2.75, 3.05) is 4.72 Å². The Morgan fingerprint density at radius 3 is 2.57 bits per heavy atom. The third-order valence-corrected chi connectivity index (χ3v) is 4.67. The van der Waals surface area contributed by atoms with E-state index in [0.717, 1.165) is 6.07 Å². The largest absolute Gasteiger partial charge is 0.423 e. The zero-order valence-electron chi connectivity index (χ0n) is 11.4. The third kappa shape index (κ3) is 3.20. The van der Waals surface area contributed by atoms with E-state index in [0.29, 0.717) is 5.39 Å². The van der Waals surface area contributed by atoms with Gasteiger partial charge in [-0.2, -0.15) is 0 Å². The molecule has 0 aliphatic carbocycles. The lowest BCUT2D eigenvalue weighted by atomic mass is 10.2. The van der Waals surface area contributed by atoms with Gasteiger partial charge in [0.05, 0.1) is 10.6 Å². The maximum absolute atomic E-state index is 13.7. The summed E-state index contributed by atoms with van der Waals surface area (Å²) in [6.07, 6.45) is 0. The average molecular weight is 354 g/mol. The predicted octanol–water partition coefficient (Wildman–Crippen LogP) is 3.39. The van der Waals surface area contributed by atoms with Gasteiger partial charge in [-0.15, -0.1) is 0 Å². The molecule has 0 amide bonds. The Kier molecular flexibility index (Phi) is 3.83. The maximum atomic E-state index is 13.7. The molecule has 1 aromatic heterocycles. The van der Waals surface area contributed by atoms with Crippen molar-refractivity contribution in [2.45, 2.75) is 4.90 Å². The van der Waals surface area contributed by atoms with Gasteiger partial charge in [-0.25, -0.2) is 17.6 Å². The van der Waals surface area contributed by atoms with Crippen molar-refractivity contribution in [3.63, 3.8) is 0 Å². The summed E-state index contributed by atoms with van der Waals surface area (Å²) in [5, 5.41) is 0.593. The van der Waals surface area contributed by atoms with Crippen LogP contribution in [0.4, 0.5) is 10.1 Å². The Labute approximate surface area is 135 Å². The number of halogens is 2. The molecule has 0 aliphatic heterocycles. The second kappa shape index (κ2) is 5.68. The van der Waals surface area contributed by atoms with Crippen molar-refractivity contribution in [3.05, 3.63) is 69.8 Å². The van der Waals surface area contributed by atoms with Crippen LogP contribution in [0, 0.1) is 5.82 Å². The molecule has 0 radical (unpaired) electrons. The molecule has 5 nitrogen and oxygen atoms in total. The molecule has 0 spiro atoms. The highest BCUT2D eigenvalue weighted by atomic mass is 35.5. The number of anilines is 1.